The highest BCUT2D eigenvalue weighted by molar-refractivity contribution is 5.80. The van der Waals surface area contributed by atoms with Crippen molar-refractivity contribution in [2.75, 3.05) is 28.4 Å². The molecule has 1 heterocycles. The van der Waals surface area contributed by atoms with Gasteiger partial charge < -0.3 is 28.6 Å². The van der Waals surface area contributed by atoms with E-state index in [2.05, 4.69) is 4.98 Å². The predicted molar refractivity (Wildman–Crippen MR) is 110 cm³/mol. The van der Waals surface area contributed by atoms with Gasteiger partial charge in [-0.05, 0) is 35.4 Å². The van der Waals surface area contributed by atoms with Crippen molar-refractivity contribution in [3.05, 3.63) is 66.2 Å². The summed E-state index contributed by atoms with van der Waals surface area (Å²) in [5.74, 6) is 2.31. The van der Waals surface area contributed by atoms with E-state index in [9.17, 15) is 5.11 Å². The van der Waals surface area contributed by atoms with Gasteiger partial charge in [-0.1, -0.05) is 12.1 Å². The summed E-state index contributed by atoms with van der Waals surface area (Å²) in [5.41, 5.74) is 2.08. The average molecular weight is 396 g/mol. The van der Waals surface area contributed by atoms with E-state index < -0.39 is 6.10 Å². The van der Waals surface area contributed by atoms with Crippen LogP contribution in [-0.4, -0.2) is 43.1 Å². The van der Waals surface area contributed by atoms with Gasteiger partial charge in [-0.25, -0.2) is 4.98 Å². The third kappa shape index (κ3) is 4.35. The zero-order valence-electron chi connectivity index (χ0n) is 16.8. The van der Waals surface area contributed by atoms with Gasteiger partial charge in [-0.2, -0.15) is 0 Å². The smallest absolute Gasteiger partial charge is 0.161 e. The first kappa shape index (κ1) is 20.3. The monoisotopic (exact) mass is 396 g/mol. The van der Waals surface area contributed by atoms with Crippen LogP contribution < -0.4 is 18.9 Å². The summed E-state index contributed by atoms with van der Waals surface area (Å²) in [7, 11) is 6.29. The molecular weight excluding hydrogens is 372 g/mol. The highest BCUT2D eigenvalue weighted by atomic mass is 16.5. The largest absolute Gasteiger partial charge is 0.493 e. The van der Waals surface area contributed by atoms with Gasteiger partial charge in [0.25, 0.3) is 0 Å². The number of rotatable bonds is 8. The summed E-state index contributed by atoms with van der Waals surface area (Å²) in [4.78, 5) is 4.07. The number of hydrogen-bond acceptors (Lipinski definition) is 6. The van der Waals surface area contributed by atoms with E-state index in [4.69, 9.17) is 18.9 Å². The number of aromatic nitrogens is 2. The Hall–Kier alpha value is -3.45. The van der Waals surface area contributed by atoms with Crippen molar-refractivity contribution < 1.29 is 24.1 Å². The fourth-order valence-corrected chi connectivity index (χ4v) is 3.03. The number of methoxy groups -OCH3 is 4. The molecule has 3 aromatic rings. The van der Waals surface area contributed by atoms with Crippen molar-refractivity contribution in [2.45, 2.75) is 6.10 Å². The standard InChI is InChI=1S/C22H24N2O5/c1-26-18-7-5-15(11-20(18)28-3)17(13-24-10-9-23-14-24)22(25)16-6-8-19(27-2)21(12-16)29-4/h5-14,22,25H,1-4H3/b17-13-. The lowest BCUT2D eigenvalue weighted by Crippen LogP contribution is -2.04. The summed E-state index contributed by atoms with van der Waals surface area (Å²) in [6.45, 7) is 0. The van der Waals surface area contributed by atoms with Crippen molar-refractivity contribution in [1.82, 2.24) is 9.55 Å². The van der Waals surface area contributed by atoms with Gasteiger partial charge in [0.15, 0.2) is 23.0 Å². The van der Waals surface area contributed by atoms with E-state index in [0.29, 0.717) is 34.1 Å². The maximum Gasteiger partial charge on any atom is 0.161 e. The maximum atomic E-state index is 11.2. The quantitative estimate of drug-likeness (QED) is 0.626. The van der Waals surface area contributed by atoms with Crippen LogP contribution in [0.25, 0.3) is 11.8 Å². The van der Waals surface area contributed by atoms with Gasteiger partial charge in [0.2, 0.25) is 0 Å². The van der Waals surface area contributed by atoms with E-state index in [-0.39, 0.29) is 0 Å². The topological polar surface area (TPSA) is 75.0 Å². The molecule has 0 fully saturated rings. The molecule has 0 radical (unpaired) electrons. The number of aliphatic hydroxyl groups is 1. The number of aliphatic hydroxyl groups excluding tert-OH is 1. The second kappa shape index (κ2) is 9.16. The number of ether oxygens (including phenoxy) is 4. The Morgan fingerprint density at radius 2 is 1.52 bits per heavy atom. The predicted octanol–water partition coefficient (Wildman–Crippen LogP) is 3.65. The molecular formula is C22H24N2O5. The first-order valence-corrected chi connectivity index (χ1v) is 8.92. The molecule has 7 heteroatoms. The third-order valence-corrected chi connectivity index (χ3v) is 4.55. The van der Waals surface area contributed by atoms with Crippen LogP contribution in [0.3, 0.4) is 0 Å². The van der Waals surface area contributed by atoms with Crippen LogP contribution in [0.1, 0.15) is 17.2 Å². The molecule has 0 aliphatic carbocycles. The minimum absolute atomic E-state index is 0.540. The number of imidazole rings is 1. The lowest BCUT2D eigenvalue weighted by molar-refractivity contribution is 0.237. The Kier molecular flexibility index (Phi) is 6.41. The molecule has 0 saturated carbocycles. The van der Waals surface area contributed by atoms with Gasteiger partial charge in [0.1, 0.15) is 6.10 Å². The molecule has 0 saturated heterocycles. The van der Waals surface area contributed by atoms with E-state index in [1.165, 1.54) is 0 Å². The molecule has 1 atom stereocenters. The Labute approximate surface area is 169 Å². The van der Waals surface area contributed by atoms with Crippen LogP contribution in [0.2, 0.25) is 0 Å². The second-order valence-electron chi connectivity index (χ2n) is 6.18. The normalized spacial score (nSPS) is 12.4. The summed E-state index contributed by atoms with van der Waals surface area (Å²) >= 11 is 0. The van der Waals surface area contributed by atoms with Crippen molar-refractivity contribution in [1.29, 1.82) is 0 Å². The Morgan fingerprint density at radius 3 is 2.10 bits per heavy atom. The fourth-order valence-electron chi connectivity index (χ4n) is 3.03. The molecule has 0 amide bonds. The summed E-state index contributed by atoms with van der Waals surface area (Å²) < 4.78 is 23.2. The number of benzene rings is 2. The molecule has 152 valence electrons. The summed E-state index contributed by atoms with van der Waals surface area (Å²) in [6.07, 6.45) is 6.00. The third-order valence-electron chi connectivity index (χ3n) is 4.55. The van der Waals surface area contributed by atoms with Gasteiger partial charge in [0.05, 0.1) is 34.8 Å². The van der Waals surface area contributed by atoms with Crippen LogP contribution in [0.15, 0.2) is 55.1 Å². The van der Waals surface area contributed by atoms with E-state index in [0.717, 1.165) is 5.56 Å². The lowest BCUT2D eigenvalue weighted by Gasteiger charge is -2.19. The van der Waals surface area contributed by atoms with E-state index in [1.807, 2.05) is 18.3 Å². The SMILES string of the molecule is COc1ccc(/C(=C/n2ccnc2)C(O)c2ccc(OC)c(OC)c2)cc1OC. The molecule has 0 spiro atoms. The van der Waals surface area contributed by atoms with Crippen molar-refractivity contribution in [3.8, 4) is 23.0 Å². The van der Waals surface area contributed by atoms with Crippen molar-refractivity contribution in [3.63, 3.8) is 0 Å². The Bertz CT molecular complexity index is 983. The fraction of sp³-hybridized carbons (Fsp3) is 0.227. The molecule has 1 unspecified atom stereocenters. The van der Waals surface area contributed by atoms with Crippen molar-refractivity contribution in [2.24, 2.45) is 0 Å². The maximum absolute atomic E-state index is 11.2. The van der Waals surface area contributed by atoms with Gasteiger partial charge in [-0.3, -0.25) is 0 Å². The van der Waals surface area contributed by atoms with Crippen LogP contribution in [0.4, 0.5) is 0 Å². The minimum atomic E-state index is -0.935. The molecule has 0 aliphatic heterocycles. The first-order valence-electron chi connectivity index (χ1n) is 8.92. The van der Waals surface area contributed by atoms with E-state index in [1.54, 1.807) is 76.0 Å². The minimum Gasteiger partial charge on any atom is -0.493 e. The molecule has 2 aromatic carbocycles. The van der Waals surface area contributed by atoms with Crippen LogP contribution in [0.5, 0.6) is 23.0 Å². The lowest BCUT2D eigenvalue weighted by atomic mass is 9.95. The molecule has 0 bridgehead atoms. The second-order valence-corrected chi connectivity index (χ2v) is 6.18. The van der Waals surface area contributed by atoms with Gasteiger partial charge in [-0.15, -0.1) is 0 Å². The molecule has 1 N–H and O–H groups in total. The summed E-state index contributed by atoms with van der Waals surface area (Å²) in [5, 5.41) is 11.2. The van der Waals surface area contributed by atoms with Crippen LogP contribution in [0, 0.1) is 0 Å². The van der Waals surface area contributed by atoms with Crippen LogP contribution in [-0.2, 0) is 0 Å². The molecule has 1 aromatic heterocycles. The first-order chi connectivity index (χ1) is 14.1. The van der Waals surface area contributed by atoms with Gasteiger partial charge in [0, 0.05) is 24.2 Å². The zero-order chi connectivity index (χ0) is 20.8. The zero-order valence-corrected chi connectivity index (χ0v) is 16.8. The summed E-state index contributed by atoms with van der Waals surface area (Å²) in [6, 6.07) is 10.8. The highest BCUT2D eigenvalue weighted by Crippen LogP contribution is 2.38. The number of hydrogen-bond donors (Lipinski definition) is 1. The van der Waals surface area contributed by atoms with Crippen LogP contribution >= 0.6 is 0 Å². The molecule has 7 nitrogen and oxygen atoms in total. The molecule has 3 rings (SSSR count). The number of nitrogens with zero attached hydrogens (tertiary/aromatic N) is 2. The Balaban J connectivity index is 2.10. The van der Waals surface area contributed by atoms with Gasteiger partial charge >= 0.3 is 0 Å². The van der Waals surface area contributed by atoms with E-state index >= 15 is 0 Å². The Morgan fingerprint density at radius 1 is 0.897 bits per heavy atom. The molecule has 0 aliphatic rings. The highest BCUT2D eigenvalue weighted by Gasteiger charge is 2.19. The molecule has 29 heavy (non-hydrogen) atoms. The van der Waals surface area contributed by atoms with Crippen molar-refractivity contribution >= 4 is 11.8 Å². The average Bonchev–Trinajstić information content (AvgIpc) is 3.29.